The summed E-state index contributed by atoms with van der Waals surface area (Å²) in [6.45, 7) is 0.605. The van der Waals surface area contributed by atoms with Gasteiger partial charge < -0.3 is 9.84 Å². The second-order valence-corrected chi connectivity index (χ2v) is 2.37. The van der Waals surface area contributed by atoms with Crippen LogP contribution in [0, 0.1) is 0 Å². The minimum atomic E-state index is -0.250. The van der Waals surface area contributed by atoms with Crippen LogP contribution in [-0.2, 0) is 9.53 Å². The standard InChI is InChI=1S/C5H9ClO.CH2O2/c6-5-3-1-2-4-7-5;2-1-3/h5H,1-4H2;1H,(H,2,3). The van der Waals surface area contributed by atoms with Crippen molar-refractivity contribution in [2.75, 3.05) is 6.61 Å². The molecule has 1 heterocycles. The van der Waals surface area contributed by atoms with Crippen molar-refractivity contribution in [1.29, 1.82) is 0 Å². The molecule has 0 aliphatic carbocycles. The van der Waals surface area contributed by atoms with Crippen molar-refractivity contribution in [2.24, 2.45) is 0 Å². The van der Waals surface area contributed by atoms with Gasteiger partial charge in [-0.15, -0.1) is 0 Å². The van der Waals surface area contributed by atoms with Crippen molar-refractivity contribution in [3.8, 4) is 0 Å². The van der Waals surface area contributed by atoms with Crippen LogP contribution in [0.25, 0.3) is 0 Å². The van der Waals surface area contributed by atoms with E-state index in [1.807, 2.05) is 0 Å². The molecule has 0 saturated carbocycles. The van der Waals surface area contributed by atoms with Gasteiger partial charge in [0, 0.05) is 6.61 Å². The number of halogens is 1. The van der Waals surface area contributed by atoms with Gasteiger partial charge in [-0.05, 0) is 19.3 Å². The highest BCUT2D eigenvalue weighted by Gasteiger charge is 2.08. The van der Waals surface area contributed by atoms with Gasteiger partial charge in [0.1, 0.15) is 5.56 Å². The molecule has 60 valence electrons. The van der Waals surface area contributed by atoms with Gasteiger partial charge in [-0.25, -0.2) is 0 Å². The van der Waals surface area contributed by atoms with Crippen molar-refractivity contribution in [3.05, 3.63) is 0 Å². The van der Waals surface area contributed by atoms with Gasteiger partial charge in [0.25, 0.3) is 6.47 Å². The molecule has 0 bridgehead atoms. The van der Waals surface area contributed by atoms with Crippen molar-refractivity contribution in [2.45, 2.75) is 24.8 Å². The fraction of sp³-hybridized carbons (Fsp3) is 0.833. The molecular weight excluding hydrogens is 156 g/mol. The minimum absolute atomic E-state index is 0.00810. The number of hydrogen-bond acceptors (Lipinski definition) is 2. The van der Waals surface area contributed by atoms with Crippen LogP contribution in [-0.4, -0.2) is 23.7 Å². The molecule has 3 nitrogen and oxygen atoms in total. The third-order valence-corrected chi connectivity index (χ3v) is 1.47. The summed E-state index contributed by atoms with van der Waals surface area (Å²) >= 11 is 5.59. The summed E-state index contributed by atoms with van der Waals surface area (Å²) in [6.07, 6.45) is 3.44. The van der Waals surface area contributed by atoms with Gasteiger partial charge in [0.15, 0.2) is 0 Å². The third kappa shape index (κ3) is 5.85. The molecule has 1 fully saturated rings. The van der Waals surface area contributed by atoms with Crippen LogP contribution >= 0.6 is 11.6 Å². The lowest BCUT2D eigenvalue weighted by atomic mass is 10.2. The second-order valence-electron chi connectivity index (χ2n) is 1.88. The Morgan fingerprint density at radius 2 is 2.20 bits per heavy atom. The smallest absolute Gasteiger partial charge is 0.290 e. The molecule has 1 rings (SSSR count). The van der Waals surface area contributed by atoms with E-state index >= 15 is 0 Å². The Balaban J connectivity index is 0.000000236. The first-order chi connectivity index (χ1) is 4.81. The largest absolute Gasteiger partial charge is 0.483 e. The van der Waals surface area contributed by atoms with Crippen LogP contribution in [0.3, 0.4) is 0 Å². The molecule has 4 heteroatoms. The Hall–Kier alpha value is -0.280. The van der Waals surface area contributed by atoms with E-state index in [0.29, 0.717) is 0 Å². The molecule has 10 heavy (non-hydrogen) atoms. The monoisotopic (exact) mass is 166 g/mol. The highest BCUT2D eigenvalue weighted by Crippen LogP contribution is 2.14. The SMILES string of the molecule is ClC1CCCCO1.O=CO. The summed E-state index contributed by atoms with van der Waals surface area (Å²) < 4.78 is 5.04. The number of hydrogen-bond donors (Lipinski definition) is 1. The van der Waals surface area contributed by atoms with Crippen molar-refractivity contribution in [1.82, 2.24) is 0 Å². The van der Waals surface area contributed by atoms with Crippen LogP contribution in [0.4, 0.5) is 0 Å². The maximum absolute atomic E-state index is 8.36. The molecule has 1 unspecified atom stereocenters. The average molecular weight is 167 g/mol. The Morgan fingerprint density at radius 1 is 1.60 bits per heavy atom. The Kier molecular flexibility index (Phi) is 6.64. The van der Waals surface area contributed by atoms with Crippen molar-refractivity contribution in [3.63, 3.8) is 0 Å². The summed E-state index contributed by atoms with van der Waals surface area (Å²) in [5.74, 6) is 0. The van der Waals surface area contributed by atoms with Crippen molar-refractivity contribution >= 4 is 18.1 Å². The Bertz CT molecular complexity index is 81.1. The molecule has 0 aromatic heterocycles. The van der Waals surface area contributed by atoms with Crippen LogP contribution in [0.2, 0.25) is 0 Å². The van der Waals surface area contributed by atoms with Gasteiger partial charge in [0.05, 0.1) is 0 Å². The summed E-state index contributed by atoms with van der Waals surface area (Å²) in [5.41, 5.74) is 0.00810. The molecule has 0 aromatic carbocycles. The lowest BCUT2D eigenvalue weighted by Crippen LogP contribution is -2.11. The first-order valence-corrected chi connectivity index (χ1v) is 3.58. The summed E-state index contributed by atoms with van der Waals surface area (Å²) in [5, 5.41) is 6.89. The van der Waals surface area contributed by atoms with E-state index in [0.717, 1.165) is 13.0 Å². The lowest BCUT2D eigenvalue weighted by Gasteiger charge is -2.15. The molecule has 0 spiro atoms. The lowest BCUT2D eigenvalue weighted by molar-refractivity contribution is -0.122. The zero-order valence-corrected chi connectivity index (χ0v) is 6.38. The fourth-order valence-electron chi connectivity index (χ4n) is 0.701. The maximum Gasteiger partial charge on any atom is 0.290 e. The number of ether oxygens (including phenoxy) is 1. The van der Waals surface area contributed by atoms with E-state index < -0.39 is 0 Å². The maximum atomic E-state index is 8.36. The van der Waals surface area contributed by atoms with Gasteiger partial charge in [-0.1, -0.05) is 11.6 Å². The minimum Gasteiger partial charge on any atom is -0.483 e. The second kappa shape index (κ2) is 6.83. The molecule has 1 aliphatic rings. The van der Waals surface area contributed by atoms with Crippen LogP contribution < -0.4 is 0 Å². The molecule has 0 radical (unpaired) electrons. The molecule has 0 aromatic rings. The number of rotatable bonds is 0. The van der Waals surface area contributed by atoms with Gasteiger partial charge >= 0.3 is 0 Å². The molecule has 1 saturated heterocycles. The highest BCUT2D eigenvalue weighted by atomic mass is 35.5. The first kappa shape index (κ1) is 9.72. The summed E-state index contributed by atoms with van der Waals surface area (Å²) in [4.78, 5) is 8.36. The van der Waals surface area contributed by atoms with E-state index in [-0.39, 0.29) is 12.0 Å². The highest BCUT2D eigenvalue weighted by molar-refractivity contribution is 6.19. The zero-order valence-electron chi connectivity index (χ0n) is 5.62. The Labute approximate surface area is 64.9 Å². The molecule has 1 atom stereocenters. The number of carbonyl (C=O) groups is 1. The van der Waals surface area contributed by atoms with Crippen LogP contribution in [0.5, 0.6) is 0 Å². The van der Waals surface area contributed by atoms with E-state index in [4.69, 9.17) is 26.2 Å². The normalized spacial score (nSPS) is 24.3. The molecule has 1 N–H and O–H groups in total. The first-order valence-electron chi connectivity index (χ1n) is 3.14. The molecular formula is C6H11ClO3. The predicted molar refractivity (Wildman–Crippen MR) is 38.1 cm³/mol. The van der Waals surface area contributed by atoms with E-state index in [2.05, 4.69) is 0 Å². The predicted octanol–water partition coefficient (Wildman–Crippen LogP) is 1.45. The van der Waals surface area contributed by atoms with E-state index in [1.54, 1.807) is 0 Å². The Morgan fingerprint density at radius 3 is 2.40 bits per heavy atom. The zero-order chi connectivity index (χ0) is 7.82. The topological polar surface area (TPSA) is 46.5 Å². The van der Waals surface area contributed by atoms with Gasteiger partial charge in [-0.2, -0.15) is 0 Å². The molecule has 1 aliphatic heterocycles. The van der Waals surface area contributed by atoms with E-state index in [9.17, 15) is 0 Å². The summed E-state index contributed by atoms with van der Waals surface area (Å²) in [7, 11) is 0. The van der Waals surface area contributed by atoms with Crippen molar-refractivity contribution < 1.29 is 14.6 Å². The quantitative estimate of drug-likeness (QED) is 0.438. The van der Waals surface area contributed by atoms with Crippen LogP contribution in [0.15, 0.2) is 0 Å². The molecule has 0 amide bonds. The average Bonchev–Trinajstić information content (AvgIpc) is 1.91. The number of alkyl halides is 1. The van der Waals surface area contributed by atoms with E-state index in [1.165, 1.54) is 12.8 Å². The third-order valence-electron chi connectivity index (χ3n) is 1.12. The van der Waals surface area contributed by atoms with Gasteiger partial charge in [0.2, 0.25) is 0 Å². The fourth-order valence-corrected chi connectivity index (χ4v) is 0.945. The number of carboxylic acid groups (broad SMARTS) is 1. The summed E-state index contributed by atoms with van der Waals surface area (Å²) in [6, 6.07) is 0. The van der Waals surface area contributed by atoms with Gasteiger partial charge in [-0.3, -0.25) is 4.79 Å². The van der Waals surface area contributed by atoms with Crippen LogP contribution in [0.1, 0.15) is 19.3 Å².